The number of rotatable bonds is 0. The van der Waals surface area contributed by atoms with E-state index in [4.69, 9.17) is 10.5 Å². The zero-order valence-electron chi connectivity index (χ0n) is 9.54. The number of benzene rings is 1. The van der Waals surface area contributed by atoms with E-state index in [1.165, 1.54) is 0 Å². The average molecular weight is 235 g/mol. The van der Waals surface area contributed by atoms with Crippen molar-refractivity contribution in [3.8, 4) is 5.75 Å². The Balaban J connectivity index is 2.21. The van der Waals surface area contributed by atoms with Gasteiger partial charge in [0.1, 0.15) is 28.5 Å². The third-order valence-corrected chi connectivity index (χ3v) is 3.17. The molecule has 17 heavy (non-hydrogen) atoms. The minimum Gasteiger partial charge on any atom is -0.485 e. The van der Waals surface area contributed by atoms with Gasteiger partial charge in [0, 0.05) is 11.6 Å². The summed E-state index contributed by atoms with van der Waals surface area (Å²) in [6, 6.07) is 2.97. The molecule has 0 aliphatic carbocycles. The van der Waals surface area contributed by atoms with Crippen molar-refractivity contribution in [1.82, 2.24) is 10.3 Å². The second kappa shape index (κ2) is 3.18. The lowest BCUT2D eigenvalue weighted by atomic mass is 9.87. The minimum atomic E-state index is -0.771. The highest BCUT2D eigenvalue weighted by atomic mass is 16.6. The van der Waals surface area contributed by atoms with Crippen LogP contribution in [-0.2, 0) is 0 Å². The Hall–Kier alpha value is -1.66. The molecule has 0 bridgehead atoms. The monoisotopic (exact) mass is 235 g/mol. The van der Waals surface area contributed by atoms with Crippen LogP contribution in [0.5, 0.6) is 5.75 Å². The first-order chi connectivity index (χ1) is 7.99. The third kappa shape index (κ3) is 1.41. The molecule has 1 aromatic carbocycles. The topological polar surface area (TPSA) is 94.4 Å². The second-order valence-electron chi connectivity index (χ2n) is 4.82. The molecule has 2 unspecified atom stereocenters. The third-order valence-electron chi connectivity index (χ3n) is 3.17. The average Bonchev–Trinajstić information content (AvgIpc) is 2.71. The first-order valence-electron chi connectivity index (χ1n) is 5.38. The van der Waals surface area contributed by atoms with Gasteiger partial charge in [0.05, 0.1) is 6.04 Å². The highest BCUT2D eigenvalue weighted by Gasteiger charge is 2.41. The number of nitrogens with two attached hydrogens (primary N) is 1. The van der Waals surface area contributed by atoms with Crippen LogP contribution in [-0.4, -0.2) is 27.1 Å². The molecule has 2 heterocycles. The Morgan fingerprint density at radius 2 is 1.94 bits per heavy atom. The first kappa shape index (κ1) is 10.5. The van der Waals surface area contributed by atoms with Crippen molar-refractivity contribution in [2.45, 2.75) is 31.6 Å². The van der Waals surface area contributed by atoms with Crippen LogP contribution in [0.2, 0.25) is 0 Å². The number of nitrogens with zero attached hydrogens (tertiary/aromatic N) is 2. The van der Waals surface area contributed by atoms with Crippen molar-refractivity contribution in [2.24, 2.45) is 5.73 Å². The predicted octanol–water partition coefficient (Wildman–Crippen LogP) is 0.754. The Morgan fingerprint density at radius 1 is 1.29 bits per heavy atom. The smallest absolute Gasteiger partial charge is 0.138 e. The molecule has 0 amide bonds. The fraction of sp³-hybridized carbons (Fsp3) is 0.455. The molecule has 0 saturated heterocycles. The van der Waals surface area contributed by atoms with E-state index < -0.39 is 17.7 Å². The minimum absolute atomic E-state index is 0.505. The van der Waals surface area contributed by atoms with Crippen LogP contribution >= 0.6 is 0 Å². The zero-order valence-corrected chi connectivity index (χ0v) is 9.54. The van der Waals surface area contributed by atoms with E-state index in [-0.39, 0.29) is 0 Å². The van der Waals surface area contributed by atoms with E-state index >= 15 is 0 Å². The van der Waals surface area contributed by atoms with E-state index in [0.717, 1.165) is 5.56 Å². The molecule has 1 aliphatic heterocycles. The first-order valence-corrected chi connectivity index (χ1v) is 5.38. The summed E-state index contributed by atoms with van der Waals surface area (Å²) < 4.78 is 10.4. The van der Waals surface area contributed by atoms with Crippen molar-refractivity contribution < 1.29 is 14.5 Å². The fourth-order valence-electron chi connectivity index (χ4n) is 2.12. The Morgan fingerprint density at radius 3 is 2.65 bits per heavy atom. The van der Waals surface area contributed by atoms with Gasteiger partial charge in [0.15, 0.2) is 0 Å². The number of aliphatic hydroxyl groups excluding tert-OH is 1. The van der Waals surface area contributed by atoms with Gasteiger partial charge in [0.2, 0.25) is 0 Å². The van der Waals surface area contributed by atoms with Gasteiger partial charge in [-0.2, -0.15) is 0 Å². The second-order valence-corrected chi connectivity index (χ2v) is 4.82. The largest absolute Gasteiger partial charge is 0.485 e. The van der Waals surface area contributed by atoms with E-state index in [1.54, 1.807) is 26.0 Å². The quantitative estimate of drug-likeness (QED) is 0.699. The number of fused-ring (bicyclic) bond motifs is 2. The molecule has 6 heteroatoms. The summed E-state index contributed by atoms with van der Waals surface area (Å²) in [5.74, 6) is 0.621. The van der Waals surface area contributed by atoms with E-state index in [1.807, 2.05) is 0 Å². The van der Waals surface area contributed by atoms with Crippen LogP contribution in [0.25, 0.3) is 11.0 Å². The number of aliphatic hydroxyl groups is 1. The number of hydrogen-bond donors (Lipinski definition) is 2. The normalized spacial score (nSPS) is 26.6. The summed E-state index contributed by atoms with van der Waals surface area (Å²) in [4.78, 5) is 0. The maximum absolute atomic E-state index is 10.1. The standard InChI is InChI=1S/C11H13N3O3/c1-11(2)10(15)9(12)5-3-6-7(14-17-13-6)4-8(5)16-11/h3-4,9-10,15H,12H2,1-2H3. The Labute approximate surface area is 97.3 Å². The molecular weight excluding hydrogens is 222 g/mol. The lowest BCUT2D eigenvalue weighted by Gasteiger charge is -2.40. The molecule has 0 saturated carbocycles. The van der Waals surface area contributed by atoms with Gasteiger partial charge in [-0.25, -0.2) is 4.63 Å². The highest BCUT2D eigenvalue weighted by Crippen LogP contribution is 2.39. The van der Waals surface area contributed by atoms with Crippen LogP contribution in [0.3, 0.4) is 0 Å². The summed E-state index contributed by atoms with van der Waals surface area (Å²) in [6.45, 7) is 3.59. The number of ether oxygens (including phenoxy) is 1. The van der Waals surface area contributed by atoms with Gasteiger partial charge in [-0.15, -0.1) is 0 Å². The van der Waals surface area contributed by atoms with Crippen LogP contribution < -0.4 is 10.5 Å². The lowest BCUT2D eigenvalue weighted by Crippen LogP contribution is -2.51. The van der Waals surface area contributed by atoms with Crippen LogP contribution in [0, 0.1) is 0 Å². The Bertz CT molecular complexity index is 578. The van der Waals surface area contributed by atoms with Crippen molar-refractivity contribution in [1.29, 1.82) is 0 Å². The van der Waals surface area contributed by atoms with Gasteiger partial charge in [-0.3, -0.25) is 0 Å². The molecule has 1 aromatic heterocycles. The molecule has 3 rings (SSSR count). The summed E-state index contributed by atoms with van der Waals surface area (Å²) in [7, 11) is 0. The lowest BCUT2D eigenvalue weighted by molar-refractivity contribution is -0.0570. The van der Waals surface area contributed by atoms with Crippen LogP contribution in [0.1, 0.15) is 25.5 Å². The zero-order chi connectivity index (χ0) is 12.2. The van der Waals surface area contributed by atoms with Crippen LogP contribution in [0.15, 0.2) is 16.8 Å². The van der Waals surface area contributed by atoms with Gasteiger partial charge in [-0.1, -0.05) is 0 Å². The number of aromatic nitrogens is 2. The summed E-state index contributed by atoms with van der Waals surface area (Å²) in [6.07, 6.45) is -0.771. The van der Waals surface area contributed by atoms with Gasteiger partial charge < -0.3 is 15.6 Å². The molecular formula is C11H13N3O3. The molecule has 2 aromatic rings. The van der Waals surface area contributed by atoms with E-state index in [0.29, 0.717) is 16.8 Å². The summed E-state index contributed by atoms with van der Waals surface area (Å²) in [5, 5.41) is 17.6. The van der Waals surface area contributed by atoms with Crippen molar-refractivity contribution in [3.63, 3.8) is 0 Å². The molecule has 0 fully saturated rings. The molecule has 2 atom stereocenters. The molecule has 90 valence electrons. The maximum Gasteiger partial charge on any atom is 0.138 e. The van der Waals surface area contributed by atoms with Crippen molar-refractivity contribution in [2.75, 3.05) is 0 Å². The van der Waals surface area contributed by atoms with E-state index in [2.05, 4.69) is 14.9 Å². The van der Waals surface area contributed by atoms with Crippen LogP contribution in [0.4, 0.5) is 0 Å². The summed E-state index contributed by atoms with van der Waals surface area (Å²) in [5.41, 5.74) is 7.23. The molecule has 0 radical (unpaired) electrons. The molecule has 0 spiro atoms. The van der Waals surface area contributed by atoms with Gasteiger partial charge in [-0.05, 0) is 30.2 Å². The molecule has 3 N–H and O–H groups in total. The van der Waals surface area contributed by atoms with Gasteiger partial charge in [0.25, 0.3) is 0 Å². The predicted molar refractivity (Wildman–Crippen MR) is 59.4 cm³/mol. The fourth-order valence-corrected chi connectivity index (χ4v) is 2.12. The molecule has 6 nitrogen and oxygen atoms in total. The molecule has 1 aliphatic rings. The van der Waals surface area contributed by atoms with Crippen molar-refractivity contribution >= 4 is 11.0 Å². The van der Waals surface area contributed by atoms with Gasteiger partial charge >= 0.3 is 0 Å². The maximum atomic E-state index is 10.1. The van der Waals surface area contributed by atoms with E-state index in [9.17, 15) is 5.11 Å². The van der Waals surface area contributed by atoms with Crippen molar-refractivity contribution in [3.05, 3.63) is 17.7 Å². The highest BCUT2D eigenvalue weighted by molar-refractivity contribution is 5.77. The number of hydrogen-bond acceptors (Lipinski definition) is 6. The SMILES string of the molecule is CC1(C)Oc2cc3nonc3cc2C(N)C1O. The summed E-state index contributed by atoms with van der Waals surface area (Å²) >= 11 is 0. The Kier molecular flexibility index (Phi) is 1.96.